The van der Waals surface area contributed by atoms with Crippen LogP contribution in [0.25, 0.3) is 0 Å². The molecule has 0 radical (unpaired) electrons. The van der Waals surface area contributed by atoms with E-state index in [2.05, 4.69) is 0 Å². The van der Waals surface area contributed by atoms with Crippen molar-refractivity contribution in [3.63, 3.8) is 0 Å². The maximum atomic E-state index is 13.8. The van der Waals surface area contributed by atoms with E-state index in [4.69, 9.17) is 11.6 Å². The molecule has 0 aliphatic carbocycles. The number of aryl methyl sites for hydroxylation is 2. The summed E-state index contributed by atoms with van der Waals surface area (Å²) in [6.45, 7) is 3.37. The normalized spacial score (nSPS) is 12.5. The zero-order valence-electron chi connectivity index (χ0n) is 10.5. The average molecular weight is 283 g/mol. The number of aliphatic hydroxyl groups is 1. The number of hydrogen-bond donors (Lipinski definition) is 1. The van der Waals surface area contributed by atoms with E-state index in [9.17, 15) is 13.9 Å². The van der Waals surface area contributed by atoms with Crippen LogP contribution in [-0.4, -0.2) is 5.11 Å². The number of rotatable bonds is 2. The minimum atomic E-state index is -1.14. The summed E-state index contributed by atoms with van der Waals surface area (Å²) in [4.78, 5) is 0. The summed E-state index contributed by atoms with van der Waals surface area (Å²) in [5.74, 6) is -0.953. The molecular weight excluding hydrogens is 270 g/mol. The molecule has 100 valence electrons. The first-order valence-corrected chi connectivity index (χ1v) is 6.17. The number of halogens is 3. The fourth-order valence-electron chi connectivity index (χ4n) is 2.23. The smallest absolute Gasteiger partial charge is 0.130 e. The lowest BCUT2D eigenvalue weighted by Crippen LogP contribution is -2.07. The lowest BCUT2D eigenvalue weighted by atomic mass is 9.93. The van der Waals surface area contributed by atoms with Crippen LogP contribution >= 0.6 is 11.6 Å². The zero-order chi connectivity index (χ0) is 14.2. The highest BCUT2D eigenvalue weighted by atomic mass is 35.5. The summed E-state index contributed by atoms with van der Waals surface area (Å²) in [6, 6.07) is 6.73. The topological polar surface area (TPSA) is 20.2 Å². The van der Waals surface area contributed by atoms with Gasteiger partial charge in [-0.2, -0.15) is 0 Å². The van der Waals surface area contributed by atoms with E-state index in [-0.39, 0.29) is 16.4 Å². The third kappa shape index (κ3) is 2.77. The maximum absolute atomic E-state index is 13.8. The second kappa shape index (κ2) is 5.27. The predicted octanol–water partition coefficient (Wildman–Crippen LogP) is 4.32. The Labute approximate surface area is 115 Å². The first-order chi connectivity index (χ1) is 8.90. The molecule has 19 heavy (non-hydrogen) atoms. The summed E-state index contributed by atoms with van der Waals surface area (Å²) in [6.07, 6.45) is -1.14. The van der Waals surface area contributed by atoms with Gasteiger partial charge in [0.25, 0.3) is 0 Å². The molecule has 1 atom stereocenters. The Hall–Kier alpha value is -1.45. The Kier molecular flexibility index (Phi) is 3.88. The van der Waals surface area contributed by atoms with Crippen molar-refractivity contribution in [2.45, 2.75) is 20.0 Å². The fraction of sp³-hybridized carbons (Fsp3) is 0.200. The standard InChI is InChI=1S/C15H13ClF2O/c1-8-5-11(17)6-9(2)14(8)15(19)12-4-3-10(16)7-13(12)18/h3-7,15,19H,1-2H3. The van der Waals surface area contributed by atoms with Crippen LogP contribution in [0.5, 0.6) is 0 Å². The lowest BCUT2D eigenvalue weighted by Gasteiger charge is -2.18. The summed E-state index contributed by atoms with van der Waals surface area (Å²) >= 11 is 5.68. The Morgan fingerprint density at radius 1 is 1.05 bits per heavy atom. The highest BCUT2D eigenvalue weighted by Gasteiger charge is 2.19. The third-order valence-corrected chi connectivity index (χ3v) is 3.32. The molecule has 0 spiro atoms. The van der Waals surface area contributed by atoms with Crippen LogP contribution in [0.15, 0.2) is 30.3 Å². The summed E-state index contributed by atoms with van der Waals surface area (Å²) in [7, 11) is 0. The monoisotopic (exact) mass is 282 g/mol. The van der Waals surface area contributed by atoms with Gasteiger partial charge in [0.15, 0.2) is 0 Å². The lowest BCUT2D eigenvalue weighted by molar-refractivity contribution is 0.213. The molecule has 0 bridgehead atoms. The molecule has 1 N–H and O–H groups in total. The fourth-order valence-corrected chi connectivity index (χ4v) is 2.39. The number of aliphatic hydroxyl groups excluding tert-OH is 1. The molecule has 0 saturated carbocycles. The summed E-state index contributed by atoms with van der Waals surface area (Å²) in [5, 5.41) is 10.6. The van der Waals surface area contributed by atoms with E-state index >= 15 is 0 Å². The van der Waals surface area contributed by atoms with E-state index in [1.165, 1.54) is 24.3 Å². The van der Waals surface area contributed by atoms with Gasteiger partial charge in [0.1, 0.15) is 17.7 Å². The molecule has 0 heterocycles. The van der Waals surface area contributed by atoms with Crippen molar-refractivity contribution in [3.05, 3.63) is 69.2 Å². The molecule has 1 unspecified atom stereocenters. The second-order valence-electron chi connectivity index (χ2n) is 4.52. The van der Waals surface area contributed by atoms with Gasteiger partial charge >= 0.3 is 0 Å². The van der Waals surface area contributed by atoms with Crippen molar-refractivity contribution in [1.29, 1.82) is 0 Å². The molecule has 2 aromatic rings. The maximum Gasteiger partial charge on any atom is 0.130 e. The molecule has 0 fully saturated rings. The van der Waals surface area contributed by atoms with E-state index in [0.29, 0.717) is 16.7 Å². The molecular formula is C15H13ClF2O. The molecule has 0 aromatic heterocycles. The Morgan fingerprint density at radius 3 is 2.16 bits per heavy atom. The molecule has 2 rings (SSSR count). The van der Waals surface area contributed by atoms with Gasteiger partial charge in [-0.15, -0.1) is 0 Å². The molecule has 0 aliphatic heterocycles. The van der Waals surface area contributed by atoms with Gasteiger partial charge in [0.05, 0.1) is 0 Å². The SMILES string of the molecule is Cc1cc(F)cc(C)c1C(O)c1ccc(Cl)cc1F. The Morgan fingerprint density at radius 2 is 1.63 bits per heavy atom. The van der Waals surface area contributed by atoms with E-state index in [1.807, 2.05) is 0 Å². The van der Waals surface area contributed by atoms with E-state index < -0.39 is 11.9 Å². The van der Waals surface area contributed by atoms with Crippen LogP contribution in [0, 0.1) is 25.5 Å². The quantitative estimate of drug-likeness (QED) is 0.870. The second-order valence-corrected chi connectivity index (χ2v) is 4.96. The van der Waals surface area contributed by atoms with Crippen molar-refractivity contribution in [3.8, 4) is 0 Å². The van der Waals surface area contributed by atoms with Crippen LogP contribution in [0.3, 0.4) is 0 Å². The molecule has 0 aliphatic rings. The van der Waals surface area contributed by atoms with E-state index in [0.717, 1.165) is 6.07 Å². The van der Waals surface area contributed by atoms with Crippen molar-refractivity contribution < 1.29 is 13.9 Å². The van der Waals surface area contributed by atoms with Crippen molar-refractivity contribution >= 4 is 11.6 Å². The largest absolute Gasteiger partial charge is 0.384 e. The molecule has 1 nitrogen and oxygen atoms in total. The van der Waals surface area contributed by atoms with Gasteiger partial charge in [-0.05, 0) is 54.8 Å². The van der Waals surface area contributed by atoms with Crippen molar-refractivity contribution in [1.82, 2.24) is 0 Å². The van der Waals surface area contributed by atoms with Crippen LogP contribution in [0.2, 0.25) is 5.02 Å². The summed E-state index contributed by atoms with van der Waals surface area (Å²) in [5.41, 5.74) is 1.81. The molecule has 0 amide bonds. The van der Waals surface area contributed by atoms with Gasteiger partial charge in [-0.25, -0.2) is 8.78 Å². The molecule has 4 heteroatoms. The molecule has 0 saturated heterocycles. The zero-order valence-corrected chi connectivity index (χ0v) is 11.3. The Bertz CT molecular complexity index is 603. The minimum Gasteiger partial charge on any atom is -0.384 e. The number of hydrogen-bond acceptors (Lipinski definition) is 1. The van der Waals surface area contributed by atoms with Crippen LogP contribution in [0.4, 0.5) is 8.78 Å². The third-order valence-electron chi connectivity index (χ3n) is 3.09. The molecule has 2 aromatic carbocycles. The van der Waals surface area contributed by atoms with Crippen LogP contribution in [-0.2, 0) is 0 Å². The first-order valence-electron chi connectivity index (χ1n) is 5.80. The van der Waals surface area contributed by atoms with Gasteiger partial charge in [-0.1, -0.05) is 17.7 Å². The first kappa shape index (κ1) is 14.0. The van der Waals surface area contributed by atoms with Crippen molar-refractivity contribution in [2.24, 2.45) is 0 Å². The van der Waals surface area contributed by atoms with Crippen LogP contribution < -0.4 is 0 Å². The van der Waals surface area contributed by atoms with Gasteiger partial charge < -0.3 is 5.11 Å². The average Bonchev–Trinajstić information content (AvgIpc) is 2.26. The highest BCUT2D eigenvalue weighted by molar-refractivity contribution is 6.30. The predicted molar refractivity (Wildman–Crippen MR) is 71.3 cm³/mol. The van der Waals surface area contributed by atoms with Gasteiger partial charge in [-0.3, -0.25) is 0 Å². The van der Waals surface area contributed by atoms with E-state index in [1.54, 1.807) is 13.8 Å². The van der Waals surface area contributed by atoms with Gasteiger partial charge in [0.2, 0.25) is 0 Å². The summed E-state index contributed by atoms with van der Waals surface area (Å²) < 4.78 is 27.0. The van der Waals surface area contributed by atoms with Crippen LogP contribution in [0.1, 0.15) is 28.4 Å². The van der Waals surface area contributed by atoms with Gasteiger partial charge in [0, 0.05) is 10.6 Å². The minimum absolute atomic E-state index is 0.127. The number of benzene rings is 2. The highest BCUT2D eigenvalue weighted by Crippen LogP contribution is 2.30. The Balaban J connectivity index is 2.53. The van der Waals surface area contributed by atoms with Crippen molar-refractivity contribution in [2.75, 3.05) is 0 Å².